The molecule has 1 N–H and O–H groups in total. The molecule has 0 saturated heterocycles. The van der Waals surface area contributed by atoms with Gasteiger partial charge in [-0.3, -0.25) is 4.79 Å². The summed E-state index contributed by atoms with van der Waals surface area (Å²) in [5.41, 5.74) is 4.00. The fourth-order valence-corrected chi connectivity index (χ4v) is 3.42. The van der Waals surface area contributed by atoms with Crippen LogP contribution in [0.3, 0.4) is 0 Å². The maximum Gasteiger partial charge on any atom is 0.471 e. The van der Waals surface area contributed by atoms with Gasteiger partial charge in [0, 0.05) is 6.54 Å². The number of methoxy groups -OCH3 is 1. The summed E-state index contributed by atoms with van der Waals surface area (Å²) in [6.07, 6.45) is -1.67. The first-order valence-electron chi connectivity index (χ1n) is 6.66. The van der Waals surface area contributed by atoms with E-state index in [1.807, 2.05) is 18.3 Å². The number of halogens is 4. The number of amides is 1. The molecule has 0 aliphatic heterocycles. The van der Waals surface area contributed by atoms with Gasteiger partial charge in [-0.25, -0.2) is 0 Å². The van der Waals surface area contributed by atoms with Crippen molar-refractivity contribution in [3.05, 3.63) is 33.3 Å². The molecule has 3 nitrogen and oxygen atoms in total. The van der Waals surface area contributed by atoms with Gasteiger partial charge in [-0.15, -0.1) is 0 Å². The summed E-state index contributed by atoms with van der Waals surface area (Å²) in [5.74, 6) is -1.21. The van der Waals surface area contributed by atoms with Gasteiger partial charge in [0.2, 0.25) is 0 Å². The van der Waals surface area contributed by atoms with Crippen molar-refractivity contribution in [1.29, 1.82) is 0 Å². The largest absolute Gasteiger partial charge is 0.495 e. The monoisotopic (exact) mass is 377 g/mol. The van der Waals surface area contributed by atoms with Gasteiger partial charge in [0.25, 0.3) is 0 Å². The Balaban J connectivity index is 2.21. The first kappa shape index (κ1) is 16.9. The lowest BCUT2D eigenvalue weighted by Crippen LogP contribution is -2.36. The van der Waals surface area contributed by atoms with Gasteiger partial charge in [0.1, 0.15) is 5.75 Å². The van der Waals surface area contributed by atoms with E-state index in [9.17, 15) is 18.0 Å². The van der Waals surface area contributed by atoms with Crippen LogP contribution >= 0.6 is 15.9 Å². The fraction of sp³-hybridized carbons (Fsp3) is 0.400. The number of aryl methyl sites for hydroxylation is 1. The number of carbonyl (C=O) groups excluding carboxylic acids is 1. The first-order chi connectivity index (χ1) is 10.3. The third-order valence-corrected chi connectivity index (χ3v) is 4.20. The van der Waals surface area contributed by atoms with E-state index in [2.05, 4.69) is 15.9 Å². The van der Waals surface area contributed by atoms with Crippen molar-refractivity contribution in [1.82, 2.24) is 5.32 Å². The molecule has 0 radical (unpaired) electrons. The number of carbonyl (C=O) groups is 1. The van der Waals surface area contributed by atoms with Gasteiger partial charge in [0.05, 0.1) is 11.6 Å². The van der Waals surface area contributed by atoms with Crippen LogP contribution in [0.5, 0.6) is 5.75 Å². The maximum atomic E-state index is 12.1. The molecule has 0 saturated carbocycles. The number of hydrogen-bond donors (Lipinski definition) is 1. The summed E-state index contributed by atoms with van der Waals surface area (Å²) < 4.78 is 42.6. The Morgan fingerprint density at radius 1 is 1.45 bits per heavy atom. The van der Waals surface area contributed by atoms with Gasteiger partial charge >= 0.3 is 12.1 Å². The standard InChI is InChI=1S/C15H15BrF3NO2/c1-8-12-9(5-6-20-14(21)15(17,18)19)3-4-10(12)7-11(16)13(8)22-2/h5,7H,3-4,6H2,1-2H3,(H,20,21)/b9-5+. The van der Waals surface area contributed by atoms with E-state index in [-0.39, 0.29) is 6.54 Å². The molecular formula is C15H15BrF3NO2. The molecule has 0 heterocycles. The molecule has 0 unspecified atom stereocenters. The Kier molecular flexibility index (Phi) is 4.84. The smallest absolute Gasteiger partial charge is 0.471 e. The van der Waals surface area contributed by atoms with E-state index in [4.69, 9.17) is 4.74 Å². The topological polar surface area (TPSA) is 38.3 Å². The van der Waals surface area contributed by atoms with E-state index in [0.29, 0.717) is 5.75 Å². The molecule has 1 aromatic carbocycles. The lowest BCUT2D eigenvalue weighted by atomic mass is 10.00. The van der Waals surface area contributed by atoms with Gasteiger partial charge in [-0.2, -0.15) is 13.2 Å². The van der Waals surface area contributed by atoms with E-state index < -0.39 is 12.1 Å². The number of hydrogen-bond acceptors (Lipinski definition) is 2. The number of alkyl halides is 3. The summed E-state index contributed by atoms with van der Waals surface area (Å²) in [6.45, 7) is 1.76. The molecule has 0 atom stereocenters. The Morgan fingerprint density at radius 3 is 2.73 bits per heavy atom. The summed E-state index contributed by atoms with van der Waals surface area (Å²) in [4.78, 5) is 10.8. The minimum absolute atomic E-state index is 0.148. The Bertz CT molecular complexity index is 639. The minimum atomic E-state index is -4.85. The molecule has 1 aromatic rings. The average Bonchev–Trinajstić information content (AvgIpc) is 2.81. The Labute approximate surface area is 134 Å². The van der Waals surface area contributed by atoms with Crippen LogP contribution in [0.25, 0.3) is 5.57 Å². The van der Waals surface area contributed by atoms with Crippen LogP contribution in [0.15, 0.2) is 16.6 Å². The van der Waals surface area contributed by atoms with Gasteiger partial charge in [-0.05, 0) is 64.0 Å². The van der Waals surface area contributed by atoms with Crippen molar-refractivity contribution < 1.29 is 22.7 Å². The predicted molar refractivity (Wildman–Crippen MR) is 80.8 cm³/mol. The zero-order valence-electron chi connectivity index (χ0n) is 12.1. The molecule has 0 bridgehead atoms. The van der Waals surface area contributed by atoms with Crippen molar-refractivity contribution in [3.8, 4) is 5.75 Å². The lowest BCUT2D eigenvalue weighted by molar-refractivity contribution is -0.173. The van der Waals surface area contributed by atoms with Gasteiger partial charge in [0.15, 0.2) is 0 Å². The van der Waals surface area contributed by atoms with Crippen molar-refractivity contribution >= 4 is 27.4 Å². The molecule has 22 heavy (non-hydrogen) atoms. The Morgan fingerprint density at radius 2 is 2.14 bits per heavy atom. The van der Waals surface area contributed by atoms with Crippen LogP contribution in [0.2, 0.25) is 0 Å². The molecular weight excluding hydrogens is 363 g/mol. The van der Waals surface area contributed by atoms with E-state index in [0.717, 1.165) is 39.6 Å². The zero-order chi connectivity index (χ0) is 16.5. The van der Waals surface area contributed by atoms with Crippen LogP contribution in [0.4, 0.5) is 13.2 Å². The minimum Gasteiger partial charge on any atom is -0.495 e. The third kappa shape index (κ3) is 3.29. The maximum absolute atomic E-state index is 12.1. The molecule has 0 fully saturated rings. The first-order valence-corrected chi connectivity index (χ1v) is 7.45. The van der Waals surface area contributed by atoms with Crippen molar-refractivity contribution in [2.24, 2.45) is 0 Å². The number of benzene rings is 1. The van der Waals surface area contributed by atoms with Crippen molar-refractivity contribution in [2.45, 2.75) is 25.9 Å². The highest BCUT2D eigenvalue weighted by Gasteiger charge is 2.38. The van der Waals surface area contributed by atoms with Crippen molar-refractivity contribution in [3.63, 3.8) is 0 Å². The second-order valence-electron chi connectivity index (χ2n) is 4.99. The quantitative estimate of drug-likeness (QED) is 0.870. The summed E-state index contributed by atoms with van der Waals surface area (Å²) in [5, 5.41) is 1.86. The number of ether oxygens (including phenoxy) is 1. The lowest BCUT2D eigenvalue weighted by Gasteiger charge is -2.13. The second-order valence-corrected chi connectivity index (χ2v) is 5.84. The molecule has 1 aliphatic carbocycles. The molecule has 0 spiro atoms. The van der Waals surface area contributed by atoms with Gasteiger partial charge < -0.3 is 10.1 Å². The van der Waals surface area contributed by atoms with Crippen molar-refractivity contribution in [2.75, 3.05) is 13.7 Å². The second kappa shape index (κ2) is 6.32. The van der Waals surface area contributed by atoms with Crippen LogP contribution in [0.1, 0.15) is 23.1 Å². The molecule has 1 aliphatic rings. The third-order valence-electron chi connectivity index (χ3n) is 3.61. The van der Waals surface area contributed by atoms with Crippen LogP contribution in [-0.2, 0) is 11.2 Å². The number of allylic oxidation sites excluding steroid dienone is 1. The molecule has 120 valence electrons. The summed E-state index contributed by atoms with van der Waals surface area (Å²) >= 11 is 3.45. The highest BCUT2D eigenvalue weighted by atomic mass is 79.9. The van der Waals surface area contributed by atoms with Gasteiger partial charge in [-0.1, -0.05) is 6.08 Å². The highest BCUT2D eigenvalue weighted by Crippen LogP contribution is 2.42. The number of fused-ring (bicyclic) bond motifs is 1. The Hall–Kier alpha value is -1.50. The number of nitrogens with one attached hydrogen (secondary N) is 1. The average molecular weight is 378 g/mol. The number of rotatable bonds is 3. The molecule has 7 heteroatoms. The summed E-state index contributed by atoms with van der Waals surface area (Å²) in [6, 6.07) is 1.97. The predicted octanol–water partition coefficient (Wildman–Crippen LogP) is 3.77. The van der Waals surface area contributed by atoms with E-state index in [1.165, 1.54) is 0 Å². The zero-order valence-corrected chi connectivity index (χ0v) is 13.7. The fourth-order valence-electron chi connectivity index (χ4n) is 2.68. The molecule has 0 aromatic heterocycles. The SMILES string of the molecule is COc1c(Br)cc2c(c1C)/C(=C/CNC(=O)C(F)(F)F)CC2. The molecule has 1 amide bonds. The van der Waals surface area contributed by atoms with Crippen LogP contribution < -0.4 is 10.1 Å². The van der Waals surface area contributed by atoms with E-state index >= 15 is 0 Å². The molecule has 2 rings (SSSR count). The normalized spacial score (nSPS) is 15.8. The highest BCUT2D eigenvalue weighted by molar-refractivity contribution is 9.10. The van der Waals surface area contributed by atoms with E-state index in [1.54, 1.807) is 13.2 Å². The summed E-state index contributed by atoms with van der Waals surface area (Å²) in [7, 11) is 1.57. The van der Waals surface area contributed by atoms with Crippen LogP contribution in [0, 0.1) is 6.92 Å². The van der Waals surface area contributed by atoms with Crippen LogP contribution in [-0.4, -0.2) is 25.7 Å².